The van der Waals surface area contributed by atoms with Crippen LogP contribution >= 0.6 is 24.0 Å². The number of aliphatic imine (C=N–C) groups is 1. The highest BCUT2D eigenvalue weighted by Crippen LogP contribution is 2.28. The third kappa shape index (κ3) is 5.68. The van der Waals surface area contributed by atoms with Crippen molar-refractivity contribution >= 4 is 29.9 Å². The van der Waals surface area contributed by atoms with Crippen LogP contribution in [0.25, 0.3) is 0 Å². The van der Waals surface area contributed by atoms with Crippen LogP contribution in [0.15, 0.2) is 29.3 Å². The van der Waals surface area contributed by atoms with Gasteiger partial charge in [0.25, 0.3) is 0 Å². The van der Waals surface area contributed by atoms with Crippen LogP contribution in [0.2, 0.25) is 0 Å². The summed E-state index contributed by atoms with van der Waals surface area (Å²) in [5, 5.41) is 6.52. The molecule has 0 bridgehead atoms. The first-order valence-corrected chi connectivity index (χ1v) is 6.98. The Balaban J connectivity index is 0.00000220. The van der Waals surface area contributed by atoms with Gasteiger partial charge in [-0.25, -0.2) is 4.39 Å². The molecule has 0 amide bonds. The van der Waals surface area contributed by atoms with Crippen molar-refractivity contribution in [2.75, 3.05) is 13.6 Å². The van der Waals surface area contributed by atoms with Gasteiger partial charge in [0, 0.05) is 13.1 Å². The fourth-order valence-electron chi connectivity index (χ4n) is 1.93. The molecule has 1 aromatic carbocycles. The Kier molecular flexibility index (Phi) is 7.21. The van der Waals surface area contributed by atoms with Gasteiger partial charge < -0.3 is 15.4 Å². The molecule has 6 heteroatoms. The van der Waals surface area contributed by atoms with E-state index >= 15 is 0 Å². The molecule has 0 aliphatic heterocycles. The average Bonchev–Trinajstić information content (AvgIpc) is 3.12. The number of halogens is 2. The van der Waals surface area contributed by atoms with E-state index in [9.17, 15) is 4.39 Å². The number of hydrogen-bond donors (Lipinski definition) is 2. The minimum absolute atomic E-state index is 0. The number of hydrogen-bond acceptors (Lipinski definition) is 2. The highest BCUT2D eigenvalue weighted by atomic mass is 127. The second kappa shape index (κ2) is 8.41. The second-order valence-corrected chi connectivity index (χ2v) is 5.28. The van der Waals surface area contributed by atoms with Crippen molar-refractivity contribution in [1.29, 1.82) is 0 Å². The lowest BCUT2D eigenvalue weighted by molar-refractivity contribution is 0.214. The zero-order valence-electron chi connectivity index (χ0n) is 12.6. The van der Waals surface area contributed by atoms with E-state index < -0.39 is 0 Å². The molecule has 0 aromatic heterocycles. The Bertz CT molecular complexity index is 484. The minimum atomic E-state index is -0.339. The van der Waals surface area contributed by atoms with Gasteiger partial charge in [0.05, 0.1) is 6.54 Å². The Morgan fingerprint density at radius 2 is 2.14 bits per heavy atom. The monoisotopic (exact) mass is 407 g/mol. The SMILES string of the molecule is CN=C(NCC(C)Oc1ccccc1F)NC1CC1C.I. The van der Waals surface area contributed by atoms with Gasteiger partial charge in [0.1, 0.15) is 6.10 Å². The molecular weight excluding hydrogens is 384 g/mol. The molecule has 0 radical (unpaired) electrons. The first-order valence-electron chi connectivity index (χ1n) is 6.98. The summed E-state index contributed by atoms with van der Waals surface area (Å²) in [6, 6.07) is 6.94. The van der Waals surface area contributed by atoms with Crippen LogP contribution in [0.3, 0.4) is 0 Å². The molecule has 3 unspecified atom stereocenters. The molecule has 1 fully saturated rings. The number of ether oxygens (including phenoxy) is 1. The van der Waals surface area contributed by atoms with Crippen LogP contribution in [-0.2, 0) is 0 Å². The third-order valence-electron chi connectivity index (χ3n) is 3.38. The molecule has 0 heterocycles. The standard InChI is InChI=1S/C15H22FN3O.HI/c1-10-8-13(10)19-15(17-3)18-9-11(2)20-14-7-5-4-6-12(14)16;/h4-7,10-11,13H,8-9H2,1-3H3,(H2,17,18,19);1H. The van der Waals surface area contributed by atoms with Crippen LogP contribution in [0.5, 0.6) is 5.75 Å². The number of nitrogens with one attached hydrogen (secondary N) is 2. The van der Waals surface area contributed by atoms with Crippen LogP contribution in [-0.4, -0.2) is 31.7 Å². The summed E-state index contributed by atoms with van der Waals surface area (Å²) in [5.41, 5.74) is 0. The summed E-state index contributed by atoms with van der Waals surface area (Å²) in [5.74, 6) is 1.41. The Morgan fingerprint density at radius 1 is 1.48 bits per heavy atom. The van der Waals surface area contributed by atoms with Gasteiger partial charge in [-0.3, -0.25) is 4.99 Å². The zero-order valence-corrected chi connectivity index (χ0v) is 14.9. The first kappa shape index (κ1) is 18.0. The third-order valence-corrected chi connectivity index (χ3v) is 3.38. The fraction of sp³-hybridized carbons (Fsp3) is 0.533. The topological polar surface area (TPSA) is 45.7 Å². The summed E-state index contributed by atoms with van der Waals surface area (Å²) in [7, 11) is 1.74. The summed E-state index contributed by atoms with van der Waals surface area (Å²) >= 11 is 0. The van der Waals surface area contributed by atoms with Crippen molar-refractivity contribution in [3.8, 4) is 5.75 Å². The van der Waals surface area contributed by atoms with E-state index in [0.717, 1.165) is 5.96 Å². The molecule has 1 saturated carbocycles. The highest BCUT2D eigenvalue weighted by molar-refractivity contribution is 14.0. The van der Waals surface area contributed by atoms with Crippen molar-refractivity contribution in [2.45, 2.75) is 32.4 Å². The van der Waals surface area contributed by atoms with Crippen LogP contribution in [0.1, 0.15) is 20.3 Å². The van der Waals surface area contributed by atoms with E-state index in [-0.39, 0.29) is 41.6 Å². The van der Waals surface area contributed by atoms with Crippen LogP contribution < -0.4 is 15.4 Å². The summed E-state index contributed by atoms with van der Waals surface area (Å²) in [4.78, 5) is 4.16. The summed E-state index contributed by atoms with van der Waals surface area (Å²) < 4.78 is 19.0. The minimum Gasteiger partial charge on any atom is -0.486 e. The molecule has 1 aromatic rings. The van der Waals surface area contributed by atoms with Gasteiger partial charge in [0.2, 0.25) is 0 Å². The normalized spacial score (nSPS) is 22.0. The average molecular weight is 407 g/mol. The van der Waals surface area contributed by atoms with Gasteiger partial charge in [-0.1, -0.05) is 19.1 Å². The molecule has 2 N–H and O–H groups in total. The van der Waals surface area contributed by atoms with E-state index in [0.29, 0.717) is 18.5 Å². The Morgan fingerprint density at radius 3 is 2.71 bits per heavy atom. The number of guanidine groups is 1. The maximum absolute atomic E-state index is 13.5. The Hall–Kier alpha value is -1.05. The maximum atomic E-state index is 13.5. The quantitative estimate of drug-likeness (QED) is 0.449. The van der Waals surface area contributed by atoms with E-state index in [1.54, 1.807) is 25.2 Å². The first-order chi connectivity index (χ1) is 9.60. The van der Waals surface area contributed by atoms with Crippen LogP contribution in [0.4, 0.5) is 4.39 Å². The summed E-state index contributed by atoms with van der Waals surface area (Å²) in [6.07, 6.45) is 1.03. The number of nitrogens with zero attached hydrogens (tertiary/aromatic N) is 1. The number of rotatable bonds is 5. The molecule has 21 heavy (non-hydrogen) atoms. The van der Waals surface area contributed by atoms with Gasteiger partial charge >= 0.3 is 0 Å². The van der Waals surface area contributed by atoms with Gasteiger partial charge in [0.15, 0.2) is 17.5 Å². The second-order valence-electron chi connectivity index (χ2n) is 5.28. The molecule has 118 valence electrons. The molecule has 3 atom stereocenters. The van der Waals surface area contributed by atoms with Crippen molar-refractivity contribution in [2.24, 2.45) is 10.9 Å². The molecule has 1 aliphatic carbocycles. The molecule has 0 spiro atoms. The Labute approximate surface area is 142 Å². The molecule has 0 saturated heterocycles. The lowest BCUT2D eigenvalue weighted by Gasteiger charge is -2.18. The molecule has 4 nitrogen and oxygen atoms in total. The molecule has 2 rings (SSSR count). The predicted molar refractivity (Wildman–Crippen MR) is 94.0 cm³/mol. The van der Waals surface area contributed by atoms with Crippen molar-refractivity contribution in [3.63, 3.8) is 0 Å². The van der Waals surface area contributed by atoms with Gasteiger partial charge in [-0.05, 0) is 31.4 Å². The van der Waals surface area contributed by atoms with E-state index in [2.05, 4.69) is 22.5 Å². The van der Waals surface area contributed by atoms with E-state index in [4.69, 9.17) is 4.74 Å². The zero-order chi connectivity index (χ0) is 14.5. The largest absolute Gasteiger partial charge is 0.486 e. The van der Waals surface area contributed by atoms with E-state index in [1.807, 2.05) is 6.92 Å². The van der Waals surface area contributed by atoms with Crippen molar-refractivity contribution in [3.05, 3.63) is 30.1 Å². The highest BCUT2D eigenvalue weighted by Gasteiger charge is 2.33. The molecular formula is C15H23FIN3O. The van der Waals surface area contributed by atoms with Crippen molar-refractivity contribution < 1.29 is 9.13 Å². The smallest absolute Gasteiger partial charge is 0.191 e. The lowest BCUT2D eigenvalue weighted by Crippen LogP contribution is -2.43. The van der Waals surface area contributed by atoms with Crippen LogP contribution in [0, 0.1) is 11.7 Å². The van der Waals surface area contributed by atoms with Gasteiger partial charge in [-0.15, -0.1) is 24.0 Å². The fourth-order valence-corrected chi connectivity index (χ4v) is 1.93. The maximum Gasteiger partial charge on any atom is 0.191 e. The lowest BCUT2D eigenvalue weighted by atomic mass is 10.3. The van der Waals surface area contributed by atoms with E-state index in [1.165, 1.54) is 12.5 Å². The molecule has 1 aliphatic rings. The van der Waals surface area contributed by atoms with Gasteiger partial charge in [-0.2, -0.15) is 0 Å². The number of benzene rings is 1. The summed E-state index contributed by atoms with van der Waals surface area (Å²) in [6.45, 7) is 4.66. The number of para-hydroxylation sites is 1. The predicted octanol–water partition coefficient (Wildman–Crippen LogP) is 2.78. The van der Waals surface area contributed by atoms with Crippen molar-refractivity contribution in [1.82, 2.24) is 10.6 Å².